The summed E-state index contributed by atoms with van der Waals surface area (Å²) in [5, 5.41) is 4.98. The Morgan fingerprint density at radius 2 is 0.775 bits per heavy atom. The SMILES string of the molecule is CC1(c2ccccc2)c2ccccc2-c2cccc(N(c3cccc(-c4ccc5c(c4)c(-c4ccccc4)c(-c4ccccc4)c4ccccc45)c3)c3ccc(-c4ccccc4)c(-c4ccccc4)c3)c21. The predicted octanol–water partition coefficient (Wildman–Crippen LogP) is 19.1. The van der Waals surface area contributed by atoms with Crippen molar-refractivity contribution in [3.63, 3.8) is 0 Å². The second-order valence-corrected chi connectivity index (χ2v) is 18.9. The summed E-state index contributed by atoms with van der Waals surface area (Å²) in [7, 11) is 0. The zero-order valence-electron chi connectivity index (χ0n) is 39.5. The first-order valence-electron chi connectivity index (χ1n) is 24.7. The minimum atomic E-state index is -0.433. The van der Waals surface area contributed by atoms with Gasteiger partial charge in [0.25, 0.3) is 0 Å². The van der Waals surface area contributed by atoms with Crippen molar-refractivity contribution >= 4 is 38.6 Å². The Labute approximate surface area is 416 Å². The van der Waals surface area contributed by atoms with Gasteiger partial charge in [-0.1, -0.05) is 243 Å². The Morgan fingerprint density at radius 3 is 1.46 bits per heavy atom. The summed E-state index contributed by atoms with van der Waals surface area (Å²) in [5.41, 5.74) is 21.3. The van der Waals surface area contributed by atoms with Gasteiger partial charge in [0.05, 0.1) is 5.69 Å². The van der Waals surface area contributed by atoms with Crippen molar-refractivity contribution in [1.82, 2.24) is 0 Å². The van der Waals surface area contributed by atoms with Gasteiger partial charge in [-0.15, -0.1) is 0 Å². The van der Waals surface area contributed by atoms with Crippen LogP contribution in [0.5, 0.6) is 0 Å². The lowest BCUT2D eigenvalue weighted by Crippen LogP contribution is -2.25. The standard InChI is InChI=1S/C70H49N/c1-70(54-32-15-6-16-33-54)65-39-20-19-36-60(65)62-38-22-40-66(69(62)70)71(56-42-44-57(48-23-7-2-8-24-48)63(47-56)49-25-9-3-10-26-49)55-34-21-31-52(45-55)53-41-43-59-58-35-17-18-37-61(58)67(50-27-11-4-12-28-50)68(64(59)46-53)51-29-13-5-14-30-51/h2-47H,1H3. The van der Waals surface area contributed by atoms with Gasteiger partial charge in [-0.2, -0.15) is 0 Å². The summed E-state index contributed by atoms with van der Waals surface area (Å²) >= 11 is 0. The molecule has 1 heteroatoms. The third-order valence-corrected chi connectivity index (χ3v) is 14.9. The zero-order valence-corrected chi connectivity index (χ0v) is 39.5. The molecule has 0 aliphatic heterocycles. The van der Waals surface area contributed by atoms with Gasteiger partial charge in [-0.05, 0) is 148 Å². The lowest BCUT2D eigenvalue weighted by Gasteiger charge is -2.35. The smallest absolute Gasteiger partial charge is 0.0512 e. The molecular weight excluding hydrogens is 855 g/mol. The summed E-state index contributed by atoms with van der Waals surface area (Å²) in [4.78, 5) is 2.52. The zero-order chi connectivity index (χ0) is 47.3. The molecule has 0 radical (unpaired) electrons. The maximum atomic E-state index is 2.52. The summed E-state index contributed by atoms with van der Waals surface area (Å²) in [6.45, 7) is 2.42. The highest BCUT2D eigenvalue weighted by Gasteiger charge is 2.43. The van der Waals surface area contributed by atoms with E-state index < -0.39 is 5.41 Å². The van der Waals surface area contributed by atoms with E-state index in [1.54, 1.807) is 0 Å². The Hall–Kier alpha value is -9.04. The molecule has 13 rings (SSSR count). The first kappa shape index (κ1) is 42.1. The van der Waals surface area contributed by atoms with E-state index in [2.05, 4.69) is 291 Å². The average molecular weight is 904 g/mol. The second kappa shape index (κ2) is 17.5. The number of fused-ring (bicyclic) bond motifs is 6. The van der Waals surface area contributed by atoms with E-state index in [1.165, 1.54) is 93.9 Å². The molecule has 0 aromatic heterocycles. The Balaban J connectivity index is 1.07. The number of nitrogens with zero attached hydrogens (tertiary/aromatic N) is 1. The number of rotatable bonds is 9. The molecule has 1 nitrogen and oxygen atoms in total. The average Bonchev–Trinajstić information content (AvgIpc) is 3.72. The molecule has 0 bridgehead atoms. The third kappa shape index (κ3) is 7.08. The van der Waals surface area contributed by atoms with Gasteiger partial charge >= 0.3 is 0 Å². The van der Waals surface area contributed by atoms with Crippen LogP contribution in [0.3, 0.4) is 0 Å². The number of benzene rings is 12. The van der Waals surface area contributed by atoms with Crippen molar-refractivity contribution < 1.29 is 0 Å². The molecular formula is C70H49N. The van der Waals surface area contributed by atoms with Gasteiger partial charge < -0.3 is 4.90 Å². The first-order valence-corrected chi connectivity index (χ1v) is 24.7. The highest BCUT2D eigenvalue weighted by molar-refractivity contribution is 6.22. The molecule has 0 N–H and O–H groups in total. The van der Waals surface area contributed by atoms with Crippen LogP contribution in [0.25, 0.3) is 88.3 Å². The van der Waals surface area contributed by atoms with Gasteiger partial charge in [0, 0.05) is 16.8 Å². The Kier molecular flexibility index (Phi) is 10.4. The van der Waals surface area contributed by atoms with Crippen LogP contribution in [0.1, 0.15) is 23.6 Å². The van der Waals surface area contributed by atoms with E-state index in [1.807, 2.05) is 0 Å². The monoisotopic (exact) mass is 903 g/mol. The van der Waals surface area contributed by atoms with Crippen molar-refractivity contribution in [2.75, 3.05) is 4.90 Å². The Bertz CT molecular complexity index is 3920. The molecule has 0 saturated heterocycles. The molecule has 12 aromatic rings. The molecule has 12 aromatic carbocycles. The van der Waals surface area contributed by atoms with Crippen molar-refractivity contribution in [3.8, 4) is 66.8 Å². The first-order chi connectivity index (χ1) is 35.1. The maximum absolute atomic E-state index is 2.52. The van der Waals surface area contributed by atoms with Crippen molar-refractivity contribution in [2.24, 2.45) is 0 Å². The van der Waals surface area contributed by atoms with E-state index in [0.29, 0.717) is 0 Å². The van der Waals surface area contributed by atoms with Crippen LogP contribution < -0.4 is 4.90 Å². The van der Waals surface area contributed by atoms with E-state index in [9.17, 15) is 0 Å². The van der Waals surface area contributed by atoms with Gasteiger partial charge in [-0.3, -0.25) is 0 Å². The van der Waals surface area contributed by atoms with Gasteiger partial charge in [0.15, 0.2) is 0 Å². The molecule has 0 spiro atoms. The van der Waals surface area contributed by atoms with E-state index >= 15 is 0 Å². The van der Waals surface area contributed by atoms with Crippen LogP contribution >= 0.6 is 0 Å². The number of anilines is 3. The molecule has 1 aliphatic rings. The number of hydrogen-bond donors (Lipinski definition) is 0. The van der Waals surface area contributed by atoms with E-state index in [-0.39, 0.29) is 0 Å². The topological polar surface area (TPSA) is 3.24 Å². The van der Waals surface area contributed by atoms with Crippen LogP contribution in [-0.4, -0.2) is 0 Å². The lowest BCUT2D eigenvalue weighted by atomic mass is 9.73. The van der Waals surface area contributed by atoms with Crippen LogP contribution in [0.15, 0.2) is 279 Å². The Morgan fingerprint density at radius 1 is 0.282 bits per heavy atom. The summed E-state index contributed by atoms with van der Waals surface area (Å²) < 4.78 is 0. The quantitative estimate of drug-likeness (QED) is 0.130. The van der Waals surface area contributed by atoms with Crippen LogP contribution in [0.4, 0.5) is 17.1 Å². The highest BCUT2D eigenvalue weighted by atomic mass is 15.1. The molecule has 1 aliphatic carbocycles. The molecule has 334 valence electrons. The number of hydrogen-bond acceptors (Lipinski definition) is 1. The highest BCUT2D eigenvalue weighted by Crippen LogP contribution is 2.57. The van der Waals surface area contributed by atoms with Crippen LogP contribution in [0, 0.1) is 0 Å². The van der Waals surface area contributed by atoms with Crippen molar-refractivity contribution in [3.05, 3.63) is 296 Å². The molecule has 0 fully saturated rings. The van der Waals surface area contributed by atoms with Crippen LogP contribution in [-0.2, 0) is 5.41 Å². The van der Waals surface area contributed by atoms with Gasteiger partial charge in [0.2, 0.25) is 0 Å². The summed E-state index contributed by atoms with van der Waals surface area (Å²) in [5.74, 6) is 0. The van der Waals surface area contributed by atoms with Crippen LogP contribution in [0.2, 0.25) is 0 Å². The minimum Gasteiger partial charge on any atom is -0.310 e. The van der Waals surface area contributed by atoms with Gasteiger partial charge in [0.1, 0.15) is 0 Å². The minimum absolute atomic E-state index is 0.433. The van der Waals surface area contributed by atoms with Crippen molar-refractivity contribution in [2.45, 2.75) is 12.3 Å². The largest absolute Gasteiger partial charge is 0.310 e. The predicted molar refractivity (Wildman–Crippen MR) is 301 cm³/mol. The molecule has 0 heterocycles. The van der Waals surface area contributed by atoms with E-state index in [0.717, 1.165) is 28.2 Å². The maximum Gasteiger partial charge on any atom is 0.0512 e. The van der Waals surface area contributed by atoms with Crippen molar-refractivity contribution in [1.29, 1.82) is 0 Å². The second-order valence-electron chi connectivity index (χ2n) is 18.9. The summed E-state index contributed by atoms with van der Waals surface area (Å²) in [6.07, 6.45) is 0. The van der Waals surface area contributed by atoms with Gasteiger partial charge in [-0.25, -0.2) is 0 Å². The third-order valence-electron chi connectivity index (χ3n) is 14.9. The lowest BCUT2D eigenvalue weighted by molar-refractivity contribution is 0.714. The molecule has 1 atom stereocenters. The molecule has 1 unspecified atom stereocenters. The molecule has 0 amide bonds. The molecule has 71 heavy (non-hydrogen) atoms. The fourth-order valence-corrected chi connectivity index (χ4v) is 11.7. The molecule has 0 saturated carbocycles. The van der Waals surface area contributed by atoms with E-state index in [4.69, 9.17) is 0 Å². The fourth-order valence-electron chi connectivity index (χ4n) is 11.7. The normalized spacial score (nSPS) is 13.8. The fraction of sp³-hybridized carbons (Fsp3) is 0.0286. The summed E-state index contributed by atoms with van der Waals surface area (Å²) in [6, 6.07) is 103.